The van der Waals surface area contributed by atoms with E-state index in [9.17, 15) is 0 Å². The standard InChI is InChI=1S/C11H22OSSi/c1-12-14(2,3)7-6-9-4-5-10-11(8-9)13-10/h9-11H,4-8H2,1-3H3. The van der Waals surface area contributed by atoms with Crippen molar-refractivity contribution in [2.45, 2.75) is 55.3 Å². The SMILES string of the molecule is CO[Si](C)(C)CCC1CCC2SC2C1. The summed E-state index contributed by atoms with van der Waals surface area (Å²) in [5.41, 5.74) is 0. The van der Waals surface area contributed by atoms with Crippen LogP contribution in [0.3, 0.4) is 0 Å². The van der Waals surface area contributed by atoms with Crippen molar-refractivity contribution in [1.29, 1.82) is 0 Å². The molecule has 0 aromatic rings. The molecule has 2 fully saturated rings. The zero-order valence-corrected chi connectivity index (χ0v) is 11.4. The first-order valence-electron chi connectivity index (χ1n) is 5.81. The van der Waals surface area contributed by atoms with Gasteiger partial charge in [-0.1, -0.05) is 6.42 Å². The highest BCUT2D eigenvalue weighted by atomic mass is 32.2. The number of hydrogen-bond donors (Lipinski definition) is 0. The van der Waals surface area contributed by atoms with Crippen molar-refractivity contribution in [2.75, 3.05) is 7.11 Å². The number of hydrogen-bond acceptors (Lipinski definition) is 2. The van der Waals surface area contributed by atoms with E-state index >= 15 is 0 Å². The second-order valence-electron chi connectivity index (χ2n) is 5.39. The Kier molecular flexibility index (Phi) is 3.29. The average Bonchev–Trinajstić information content (AvgIpc) is 2.93. The van der Waals surface area contributed by atoms with Crippen LogP contribution in [0.4, 0.5) is 0 Å². The number of thioether (sulfide) groups is 1. The van der Waals surface area contributed by atoms with E-state index in [1.165, 1.54) is 31.7 Å². The van der Waals surface area contributed by atoms with Gasteiger partial charge in [0.1, 0.15) is 0 Å². The third-order valence-corrected chi connectivity index (χ3v) is 7.89. The molecule has 1 aliphatic heterocycles. The van der Waals surface area contributed by atoms with Crippen molar-refractivity contribution >= 4 is 20.1 Å². The monoisotopic (exact) mass is 230 g/mol. The maximum Gasteiger partial charge on any atom is 0.186 e. The van der Waals surface area contributed by atoms with Crippen LogP contribution in [-0.2, 0) is 4.43 Å². The van der Waals surface area contributed by atoms with Crippen LogP contribution in [0.15, 0.2) is 0 Å². The summed E-state index contributed by atoms with van der Waals surface area (Å²) in [4.78, 5) is 0. The van der Waals surface area contributed by atoms with E-state index in [1.807, 2.05) is 7.11 Å². The van der Waals surface area contributed by atoms with Gasteiger partial charge < -0.3 is 4.43 Å². The number of rotatable bonds is 4. The lowest BCUT2D eigenvalue weighted by molar-refractivity contribution is 0.363. The van der Waals surface area contributed by atoms with Crippen LogP contribution in [0.1, 0.15) is 25.7 Å². The maximum atomic E-state index is 5.60. The molecule has 2 aliphatic rings. The van der Waals surface area contributed by atoms with Crippen LogP contribution >= 0.6 is 11.8 Å². The molecular formula is C11H22OSSi. The first-order valence-corrected chi connectivity index (χ1v) is 9.87. The third-order valence-electron chi connectivity index (χ3n) is 3.82. The molecule has 0 bridgehead atoms. The minimum atomic E-state index is -1.28. The normalized spacial score (nSPS) is 36.6. The molecule has 14 heavy (non-hydrogen) atoms. The summed E-state index contributed by atoms with van der Waals surface area (Å²) in [6, 6.07) is 1.36. The minimum Gasteiger partial charge on any atom is -0.420 e. The van der Waals surface area contributed by atoms with Gasteiger partial charge in [0.2, 0.25) is 0 Å². The first kappa shape index (κ1) is 11.0. The van der Waals surface area contributed by atoms with Crippen LogP contribution in [0.2, 0.25) is 19.1 Å². The Morgan fingerprint density at radius 3 is 2.71 bits per heavy atom. The van der Waals surface area contributed by atoms with Crippen LogP contribution in [0.5, 0.6) is 0 Å². The Hall–Kier alpha value is 0.527. The zero-order valence-electron chi connectivity index (χ0n) is 9.58. The van der Waals surface area contributed by atoms with E-state index in [0.717, 1.165) is 16.4 Å². The summed E-state index contributed by atoms with van der Waals surface area (Å²) in [7, 11) is 0.612. The molecule has 0 aromatic carbocycles. The molecule has 1 aliphatic carbocycles. The highest BCUT2D eigenvalue weighted by Crippen LogP contribution is 2.53. The molecule has 1 saturated carbocycles. The molecule has 2 rings (SSSR count). The van der Waals surface area contributed by atoms with Gasteiger partial charge in [0, 0.05) is 17.6 Å². The fraction of sp³-hybridized carbons (Fsp3) is 1.00. The minimum absolute atomic E-state index is 1.02. The van der Waals surface area contributed by atoms with E-state index in [1.54, 1.807) is 0 Å². The van der Waals surface area contributed by atoms with Gasteiger partial charge in [-0.15, -0.1) is 0 Å². The predicted octanol–water partition coefficient (Wildman–Crippen LogP) is 3.51. The molecule has 82 valence electrons. The second-order valence-corrected chi connectivity index (χ2v) is 11.3. The van der Waals surface area contributed by atoms with E-state index in [4.69, 9.17) is 4.43 Å². The van der Waals surface area contributed by atoms with E-state index in [-0.39, 0.29) is 0 Å². The highest BCUT2D eigenvalue weighted by Gasteiger charge is 2.43. The Bertz CT molecular complexity index is 207. The van der Waals surface area contributed by atoms with Crippen LogP contribution in [0.25, 0.3) is 0 Å². The molecule has 1 nitrogen and oxygen atoms in total. The number of fused-ring (bicyclic) bond motifs is 1. The van der Waals surface area contributed by atoms with Gasteiger partial charge in [0.05, 0.1) is 0 Å². The van der Waals surface area contributed by atoms with Gasteiger partial charge in [0.25, 0.3) is 0 Å². The molecule has 3 unspecified atom stereocenters. The molecule has 3 heteroatoms. The molecule has 0 radical (unpaired) electrons. The van der Waals surface area contributed by atoms with Crippen LogP contribution in [0, 0.1) is 5.92 Å². The Morgan fingerprint density at radius 2 is 2.07 bits per heavy atom. The topological polar surface area (TPSA) is 9.23 Å². The van der Waals surface area contributed by atoms with Crippen LogP contribution < -0.4 is 0 Å². The fourth-order valence-electron chi connectivity index (χ4n) is 2.40. The molecule has 0 amide bonds. The summed E-state index contributed by atoms with van der Waals surface area (Å²) in [5, 5.41) is 2.13. The summed E-state index contributed by atoms with van der Waals surface area (Å²) >= 11 is 2.22. The highest BCUT2D eigenvalue weighted by molar-refractivity contribution is 8.07. The Labute approximate surface area is 93.1 Å². The van der Waals surface area contributed by atoms with E-state index in [2.05, 4.69) is 24.9 Å². The molecule has 0 N–H and O–H groups in total. The largest absolute Gasteiger partial charge is 0.420 e. The molecule has 0 spiro atoms. The lowest BCUT2D eigenvalue weighted by Crippen LogP contribution is -2.29. The predicted molar refractivity (Wildman–Crippen MR) is 66.4 cm³/mol. The van der Waals surface area contributed by atoms with Gasteiger partial charge in [-0.25, -0.2) is 0 Å². The van der Waals surface area contributed by atoms with E-state index < -0.39 is 8.32 Å². The lowest BCUT2D eigenvalue weighted by Gasteiger charge is -2.25. The van der Waals surface area contributed by atoms with Crippen molar-refractivity contribution < 1.29 is 4.43 Å². The maximum absolute atomic E-state index is 5.60. The first-order chi connectivity index (χ1) is 6.61. The van der Waals surface area contributed by atoms with Crippen molar-refractivity contribution in [3.63, 3.8) is 0 Å². The summed E-state index contributed by atoms with van der Waals surface area (Å²) in [6.45, 7) is 4.68. The Balaban J connectivity index is 1.70. The van der Waals surface area contributed by atoms with Gasteiger partial charge >= 0.3 is 0 Å². The van der Waals surface area contributed by atoms with Crippen molar-refractivity contribution in [3.05, 3.63) is 0 Å². The van der Waals surface area contributed by atoms with Crippen molar-refractivity contribution in [3.8, 4) is 0 Å². The Morgan fingerprint density at radius 1 is 1.29 bits per heavy atom. The average molecular weight is 230 g/mol. The second kappa shape index (κ2) is 4.18. The van der Waals surface area contributed by atoms with Gasteiger partial charge in [-0.3, -0.25) is 0 Å². The lowest BCUT2D eigenvalue weighted by atomic mass is 9.88. The molecule has 0 aromatic heterocycles. The summed E-state index contributed by atoms with van der Waals surface area (Å²) in [5.74, 6) is 1.02. The molecule has 3 atom stereocenters. The smallest absolute Gasteiger partial charge is 0.186 e. The molecular weight excluding hydrogens is 208 g/mol. The van der Waals surface area contributed by atoms with Gasteiger partial charge in [-0.05, 0) is 44.3 Å². The third kappa shape index (κ3) is 2.77. The summed E-state index contributed by atoms with van der Waals surface area (Å²) < 4.78 is 5.60. The van der Waals surface area contributed by atoms with Gasteiger partial charge in [0.15, 0.2) is 8.32 Å². The van der Waals surface area contributed by atoms with Gasteiger partial charge in [-0.2, -0.15) is 11.8 Å². The fourth-order valence-corrected chi connectivity index (χ4v) is 4.97. The quantitative estimate of drug-likeness (QED) is 0.540. The molecule has 1 heterocycles. The van der Waals surface area contributed by atoms with Crippen molar-refractivity contribution in [2.24, 2.45) is 5.92 Å². The summed E-state index contributed by atoms with van der Waals surface area (Å²) in [6.07, 6.45) is 5.91. The van der Waals surface area contributed by atoms with E-state index in [0.29, 0.717) is 0 Å². The van der Waals surface area contributed by atoms with Crippen LogP contribution in [-0.4, -0.2) is 25.9 Å². The van der Waals surface area contributed by atoms with Crippen molar-refractivity contribution in [1.82, 2.24) is 0 Å². The molecule has 1 saturated heterocycles. The zero-order chi connectivity index (χ0) is 10.2.